The molecule has 1 amide bonds. The van der Waals surface area contributed by atoms with Gasteiger partial charge >= 0.3 is 0 Å². The smallest absolute Gasteiger partial charge is 0.255 e. The number of carbonyl (C=O) groups excluding carboxylic acids is 3. The second kappa shape index (κ2) is 5.22. The molecule has 4 nitrogen and oxygen atoms in total. The van der Waals surface area contributed by atoms with Crippen molar-refractivity contribution < 1.29 is 14.4 Å². The van der Waals surface area contributed by atoms with Gasteiger partial charge in [-0.2, -0.15) is 0 Å². The number of rotatable bonds is 2. The average Bonchev–Trinajstić information content (AvgIpc) is 2.72. The molecule has 2 aromatic carbocycles. The topological polar surface area (TPSA) is 63.2 Å². The first-order valence-electron chi connectivity index (χ1n) is 7.08. The number of carbonyl (C=O) groups is 3. The van der Waals surface area contributed by atoms with Crippen LogP contribution in [0.4, 0.5) is 5.69 Å². The highest BCUT2D eigenvalue weighted by Crippen LogP contribution is 2.29. The quantitative estimate of drug-likeness (QED) is 0.864. The minimum absolute atomic E-state index is 0.156. The lowest BCUT2D eigenvalue weighted by atomic mass is 10.1. The van der Waals surface area contributed by atoms with Crippen LogP contribution in [0.2, 0.25) is 0 Å². The van der Waals surface area contributed by atoms with E-state index in [1.807, 2.05) is 19.1 Å². The molecule has 0 fully saturated rings. The molecule has 0 spiro atoms. The van der Waals surface area contributed by atoms with Crippen molar-refractivity contribution in [3.05, 3.63) is 64.7 Å². The number of hydrogen-bond acceptors (Lipinski definition) is 3. The summed E-state index contributed by atoms with van der Waals surface area (Å²) in [6.45, 7) is 3.56. The van der Waals surface area contributed by atoms with Crippen LogP contribution in [0, 0.1) is 12.8 Å². The number of ketones is 2. The number of Topliss-reactive ketones (excluding diaryl/α,β-unsaturated/α-hetero) is 2. The number of amides is 1. The van der Waals surface area contributed by atoms with Crippen molar-refractivity contribution in [3.63, 3.8) is 0 Å². The predicted molar refractivity (Wildman–Crippen MR) is 83.4 cm³/mol. The Hall–Kier alpha value is -2.75. The van der Waals surface area contributed by atoms with Crippen LogP contribution in [0.3, 0.4) is 0 Å². The Morgan fingerprint density at radius 2 is 1.59 bits per heavy atom. The molecular weight excluding hydrogens is 278 g/mol. The molecule has 1 N–H and O–H groups in total. The van der Waals surface area contributed by atoms with E-state index in [1.165, 1.54) is 0 Å². The normalized spacial score (nSPS) is 16.5. The maximum absolute atomic E-state index is 12.2. The zero-order valence-electron chi connectivity index (χ0n) is 12.3. The minimum Gasteiger partial charge on any atom is -0.322 e. The van der Waals surface area contributed by atoms with Gasteiger partial charge in [-0.3, -0.25) is 14.4 Å². The molecule has 0 saturated carbocycles. The Balaban J connectivity index is 1.86. The summed E-state index contributed by atoms with van der Waals surface area (Å²) in [5.74, 6) is -1.22. The summed E-state index contributed by atoms with van der Waals surface area (Å²) in [4.78, 5) is 36.1. The highest BCUT2D eigenvalue weighted by molar-refractivity contribution is 6.26. The van der Waals surface area contributed by atoms with E-state index in [4.69, 9.17) is 0 Å². The highest BCUT2D eigenvalue weighted by atomic mass is 16.2. The van der Waals surface area contributed by atoms with Crippen molar-refractivity contribution >= 4 is 23.2 Å². The van der Waals surface area contributed by atoms with Crippen molar-refractivity contribution in [1.82, 2.24) is 0 Å². The molecule has 22 heavy (non-hydrogen) atoms. The average molecular weight is 293 g/mol. The van der Waals surface area contributed by atoms with Gasteiger partial charge in [-0.15, -0.1) is 0 Å². The molecule has 1 unspecified atom stereocenters. The largest absolute Gasteiger partial charge is 0.322 e. The van der Waals surface area contributed by atoms with E-state index >= 15 is 0 Å². The third kappa shape index (κ3) is 2.33. The molecular formula is C18H15NO3. The van der Waals surface area contributed by atoms with E-state index in [-0.39, 0.29) is 17.5 Å². The van der Waals surface area contributed by atoms with Crippen LogP contribution < -0.4 is 5.32 Å². The number of hydrogen-bond donors (Lipinski definition) is 1. The van der Waals surface area contributed by atoms with Gasteiger partial charge in [0, 0.05) is 22.4 Å². The fourth-order valence-electron chi connectivity index (χ4n) is 2.53. The van der Waals surface area contributed by atoms with Gasteiger partial charge < -0.3 is 5.32 Å². The number of fused-ring (bicyclic) bond motifs is 1. The van der Waals surface area contributed by atoms with Crippen LogP contribution in [0.25, 0.3) is 0 Å². The third-order valence-electron chi connectivity index (χ3n) is 3.91. The Kier molecular flexibility index (Phi) is 3.37. The molecule has 0 saturated heterocycles. The molecule has 0 bridgehead atoms. The van der Waals surface area contributed by atoms with Gasteiger partial charge in [0.25, 0.3) is 5.91 Å². The lowest BCUT2D eigenvalue weighted by Crippen LogP contribution is -2.12. The maximum Gasteiger partial charge on any atom is 0.255 e. The fraction of sp³-hybridized carbons (Fsp3) is 0.167. The Morgan fingerprint density at radius 1 is 0.955 bits per heavy atom. The summed E-state index contributed by atoms with van der Waals surface area (Å²) in [5, 5.41) is 2.76. The zero-order valence-corrected chi connectivity index (χ0v) is 12.3. The molecule has 1 atom stereocenters. The van der Waals surface area contributed by atoms with Gasteiger partial charge in [-0.25, -0.2) is 0 Å². The molecule has 2 aromatic rings. The molecule has 1 aliphatic carbocycles. The van der Waals surface area contributed by atoms with E-state index in [2.05, 4.69) is 5.32 Å². The van der Waals surface area contributed by atoms with Crippen molar-refractivity contribution in [1.29, 1.82) is 0 Å². The molecule has 0 aromatic heterocycles. The summed E-state index contributed by atoms with van der Waals surface area (Å²) < 4.78 is 0. The Bertz CT molecular complexity index is 790. The predicted octanol–water partition coefficient (Wildman–Crippen LogP) is 3.26. The number of benzene rings is 2. The molecule has 1 aliphatic rings. The molecule has 3 rings (SSSR count). The van der Waals surface area contributed by atoms with E-state index in [0.29, 0.717) is 22.4 Å². The van der Waals surface area contributed by atoms with Crippen LogP contribution in [-0.4, -0.2) is 17.5 Å². The first kappa shape index (κ1) is 14.2. The summed E-state index contributed by atoms with van der Waals surface area (Å²) >= 11 is 0. The molecule has 0 aliphatic heterocycles. The molecule has 0 radical (unpaired) electrons. The van der Waals surface area contributed by atoms with Gasteiger partial charge in [0.15, 0.2) is 11.6 Å². The number of anilines is 1. The summed E-state index contributed by atoms with van der Waals surface area (Å²) in [5.41, 5.74) is 2.96. The Labute approximate surface area is 128 Å². The van der Waals surface area contributed by atoms with Crippen molar-refractivity contribution in [2.45, 2.75) is 13.8 Å². The van der Waals surface area contributed by atoms with Crippen LogP contribution in [0.15, 0.2) is 42.5 Å². The van der Waals surface area contributed by atoms with Crippen LogP contribution in [0.1, 0.15) is 43.6 Å². The van der Waals surface area contributed by atoms with Gasteiger partial charge in [-0.05, 0) is 44.2 Å². The second-order valence-corrected chi connectivity index (χ2v) is 5.53. The van der Waals surface area contributed by atoms with Gasteiger partial charge in [0.05, 0.1) is 5.92 Å². The van der Waals surface area contributed by atoms with Crippen LogP contribution in [0.5, 0.6) is 0 Å². The molecule has 0 heterocycles. The van der Waals surface area contributed by atoms with Crippen LogP contribution in [-0.2, 0) is 0 Å². The van der Waals surface area contributed by atoms with Crippen molar-refractivity contribution in [3.8, 4) is 0 Å². The highest BCUT2D eigenvalue weighted by Gasteiger charge is 2.35. The zero-order chi connectivity index (χ0) is 15.9. The van der Waals surface area contributed by atoms with Crippen LogP contribution >= 0.6 is 0 Å². The molecule has 4 heteroatoms. The lowest BCUT2D eigenvalue weighted by Gasteiger charge is -2.07. The van der Waals surface area contributed by atoms with E-state index < -0.39 is 5.92 Å². The summed E-state index contributed by atoms with van der Waals surface area (Å²) in [6.07, 6.45) is 0. The van der Waals surface area contributed by atoms with Crippen molar-refractivity contribution in [2.75, 3.05) is 5.32 Å². The maximum atomic E-state index is 12.2. The van der Waals surface area contributed by atoms with Gasteiger partial charge in [0.1, 0.15) is 0 Å². The van der Waals surface area contributed by atoms with E-state index in [0.717, 1.165) is 5.56 Å². The summed E-state index contributed by atoms with van der Waals surface area (Å²) in [7, 11) is 0. The van der Waals surface area contributed by atoms with Gasteiger partial charge in [-0.1, -0.05) is 17.7 Å². The minimum atomic E-state index is -0.627. The first-order chi connectivity index (χ1) is 10.5. The second-order valence-electron chi connectivity index (χ2n) is 5.53. The standard InChI is InChI=1S/C18H15NO3/c1-10-3-5-12(6-4-10)18(22)19-13-7-8-14-15(9-13)17(21)11(2)16(14)20/h3-9,11H,1-2H3,(H,19,22). The SMILES string of the molecule is Cc1ccc(C(=O)Nc2ccc3c(c2)C(=O)C(C)C3=O)cc1. The first-order valence-corrected chi connectivity index (χ1v) is 7.08. The Morgan fingerprint density at radius 3 is 2.27 bits per heavy atom. The van der Waals surface area contributed by atoms with Crippen molar-refractivity contribution in [2.24, 2.45) is 5.92 Å². The lowest BCUT2D eigenvalue weighted by molar-refractivity contribution is 0.0851. The molecule has 110 valence electrons. The van der Waals surface area contributed by atoms with Gasteiger partial charge in [0.2, 0.25) is 0 Å². The fourth-order valence-corrected chi connectivity index (χ4v) is 2.53. The van der Waals surface area contributed by atoms with E-state index in [9.17, 15) is 14.4 Å². The van der Waals surface area contributed by atoms with E-state index in [1.54, 1.807) is 37.3 Å². The summed E-state index contributed by atoms with van der Waals surface area (Å²) in [6, 6.07) is 12.0. The number of aryl methyl sites for hydroxylation is 1. The number of nitrogens with one attached hydrogen (secondary N) is 1. The third-order valence-corrected chi connectivity index (χ3v) is 3.91. The monoisotopic (exact) mass is 293 g/mol.